The van der Waals surface area contributed by atoms with Crippen LogP contribution in [0.25, 0.3) is 10.4 Å². The molecule has 0 saturated carbocycles. The van der Waals surface area contributed by atoms with Gasteiger partial charge in [-0.1, -0.05) is 117 Å². The Balaban J connectivity index is 1.97. The Kier molecular flexibility index (Phi) is 26.9. The van der Waals surface area contributed by atoms with Crippen LogP contribution < -0.4 is 0 Å². The molecule has 71 heavy (non-hydrogen) atoms. The number of methoxy groups -OCH3 is 1. The number of azide groups is 1. The molecule has 3 aliphatic heterocycles. The molecule has 20 nitrogen and oxygen atoms in total. The number of allylic oxidation sites excluding steroid dienone is 12. The van der Waals surface area contributed by atoms with Gasteiger partial charge in [0.2, 0.25) is 0 Å². The van der Waals surface area contributed by atoms with Crippen molar-refractivity contribution in [3.8, 4) is 0 Å². The summed E-state index contributed by atoms with van der Waals surface area (Å²) in [4.78, 5) is 29.0. The predicted octanol–water partition coefficient (Wildman–Crippen LogP) is 3.36. The molecule has 3 rings (SSSR count). The first-order valence-electron chi connectivity index (χ1n) is 24.1. The van der Waals surface area contributed by atoms with Gasteiger partial charge in [-0.3, -0.25) is 9.59 Å². The van der Waals surface area contributed by atoms with Crippen LogP contribution in [0.4, 0.5) is 0 Å². The second kappa shape index (κ2) is 31.3. The Hall–Kier alpha value is -4.35. The molecule has 2 unspecified atom stereocenters. The average molecular weight is 1000 g/mol. The molecule has 398 valence electrons. The molecular formula is C51H77N3O17. The second-order valence-corrected chi connectivity index (χ2v) is 18.4. The van der Waals surface area contributed by atoms with Crippen molar-refractivity contribution in [2.45, 2.75) is 177 Å². The summed E-state index contributed by atoms with van der Waals surface area (Å²) in [7, 11) is 1.26. The number of aliphatic hydroxyl groups excluding tert-OH is 9. The largest absolute Gasteiger partial charge is 0.462 e. The average Bonchev–Trinajstić information content (AvgIpc) is 3.31. The van der Waals surface area contributed by atoms with Crippen molar-refractivity contribution < 1.29 is 84.0 Å². The standard InChI is InChI=1S/C51H77N3O17/c1-7-24-67-49(65)44-41(60)30-51(66-6)29-37(57)26-40(59)39(58)23-22-35(55)25-36(56)27-43(61)68-33(4)32(3)46(62)31(2)20-18-16-14-12-10-8-9-11-13-15-17-19-21-38(28-42(44)71-51)70-50-48(64)45(53-54-52)47(63)34(5)69-50/h7-21,31-42,44-48,50,55-60,62-64H,1,22-30H2,2-6H3/b9-8+,12-10+,13-11+,16-14+,17-15+,20-18+,21-19+/t31-,32-,33-,34+,35+,36+,37-,38-,39+,40+,41-,42?,44+,45-,46+,47+,48?,50-,51+/m0/s1. The Morgan fingerprint density at radius 2 is 1.37 bits per heavy atom. The minimum atomic E-state index is -1.79. The maximum absolute atomic E-state index is 13.6. The Morgan fingerprint density at radius 1 is 0.761 bits per heavy atom. The minimum Gasteiger partial charge on any atom is -0.462 e. The van der Waals surface area contributed by atoms with Gasteiger partial charge >= 0.3 is 11.9 Å². The van der Waals surface area contributed by atoms with Gasteiger partial charge in [0.1, 0.15) is 24.7 Å². The third kappa shape index (κ3) is 20.2. The molecule has 0 aromatic heterocycles. The highest BCUT2D eigenvalue weighted by Gasteiger charge is 2.52. The van der Waals surface area contributed by atoms with Crippen LogP contribution >= 0.6 is 0 Å². The number of rotatable bonds is 7. The molecule has 3 aliphatic rings. The van der Waals surface area contributed by atoms with Crippen LogP contribution in [0.1, 0.15) is 79.1 Å². The van der Waals surface area contributed by atoms with Crippen LogP contribution in [0.5, 0.6) is 0 Å². The van der Waals surface area contributed by atoms with Crippen LogP contribution in [0.15, 0.2) is 103 Å². The fraction of sp³-hybridized carbons (Fsp3) is 0.647. The van der Waals surface area contributed by atoms with Gasteiger partial charge in [-0.05, 0) is 38.6 Å². The molecule has 0 spiro atoms. The molecule has 2 bridgehead atoms. The maximum Gasteiger partial charge on any atom is 0.314 e. The van der Waals surface area contributed by atoms with Crippen molar-refractivity contribution in [3.63, 3.8) is 0 Å². The lowest BCUT2D eigenvalue weighted by Gasteiger charge is -2.47. The zero-order valence-electron chi connectivity index (χ0n) is 41.3. The van der Waals surface area contributed by atoms with Crippen molar-refractivity contribution in [2.24, 2.45) is 22.9 Å². The predicted molar refractivity (Wildman–Crippen MR) is 260 cm³/mol. The van der Waals surface area contributed by atoms with Gasteiger partial charge in [0.05, 0.1) is 79.6 Å². The van der Waals surface area contributed by atoms with Crippen molar-refractivity contribution in [1.29, 1.82) is 0 Å². The number of aliphatic hydroxyl groups is 9. The molecule has 0 aliphatic carbocycles. The van der Waals surface area contributed by atoms with E-state index in [4.69, 9.17) is 34.0 Å². The van der Waals surface area contributed by atoms with E-state index in [0.29, 0.717) is 0 Å². The molecular weight excluding hydrogens is 927 g/mol. The smallest absolute Gasteiger partial charge is 0.314 e. The van der Waals surface area contributed by atoms with E-state index in [1.54, 1.807) is 68.5 Å². The summed E-state index contributed by atoms with van der Waals surface area (Å²) in [6.45, 7) is 10.1. The highest BCUT2D eigenvalue weighted by Crippen LogP contribution is 2.40. The number of fused-ring (bicyclic) bond motifs is 2. The monoisotopic (exact) mass is 1000 g/mol. The van der Waals surface area contributed by atoms with Gasteiger partial charge in [-0.15, -0.1) is 0 Å². The number of carbonyl (C=O) groups is 2. The summed E-state index contributed by atoms with van der Waals surface area (Å²) >= 11 is 0. The fourth-order valence-corrected chi connectivity index (χ4v) is 8.52. The van der Waals surface area contributed by atoms with Crippen LogP contribution in [-0.2, 0) is 38.0 Å². The van der Waals surface area contributed by atoms with Crippen LogP contribution in [0.2, 0.25) is 0 Å². The van der Waals surface area contributed by atoms with Gasteiger partial charge in [0.15, 0.2) is 12.1 Å². The molecule has 2 saturated heterocycles. The van der Waals surface area contributed by atoms with E-state index in [2.05, 4.69) is 16.6 Å². The molecule has 0 amide bonds. The van der Waals surface area contributed by atoms with E-state index in [0.717, 1.165) is 0 Å². The van der Waals surface area contributed by atoms with Gasteiger partial charge in [0.25, 0.3) is 0 Å². The van der Waals surface area contributed by atoms with Gasteiger partial charge in [-0.25, -0.2) is 0 Å². The zero-order valence-corrected chi connectivity index (χ0v) is 41.3. The normalized spacial score (nSPS) is 42.4. The molecule has 9 N–H and O–H groups in total. The number of nitrogens with zero attached hydrogens (tertiary/aromatic N) is 3. The lowest BCUT2D eigenvalue weighted by Crippen LogP contribution is -2.58. The highest BCUT2D eigenvalue weighted by atomic mass is 16.7. The number of carbonyl (C=O) groups excluding carboxylic acids is 2. The summed E-state index contributed by atoms with van der Waals surface area (Å²) in [6, 6.07) is -1.35. The fourth-order valence-electron chi connectivity index (χ4n) is 8.52. The molecule has 0 aromatic carbocycles. The first-order valence-corrected chi connectivity index (χ1v) is 24.1. The quantitative estimate of drug-likeness (QED) is 0.0581. The first-order chi connectivity index (χ1) is 33.8. The van der Waals surface area contributed by atoms with Crippen LogP contribution in [-0.4, -0.2) is 169 Å². The first kappa shape index (κ1) is 61.0. The summed E-state index contributed by atoms with van der Waals surface area (Å²) < 4.78 is 35.2. The van der Waals surface area contributed by atoms with Crippen LogP contribution in [0, 0.1) is 17.8 Å². The molecule has 20 heteroatoms. The summed E-state index contributed by atoms with van der Waals surface area (Å²) in [5, 5.41) is 102. The van der Waals surface area contributed by atoms with Crippen molar-refractivity contribution >= 4 is 11.9 Å². The van der Waals surface area contributed by atoms with Crippen molar-refractivity contribution in [2.75, 3.05) is 13.7 Å². The Bertz CT molecular complexity index is 1900. The molecule has 2 fully saturated rings. The van der Waals surface area contributed by atoms with E-state index >= 15 is 0 Å². The lowest BCUT2D eigenvalue weighted by molar-refractivity contribution is -0.317. The minimum absolute atomic E-state index is 0.0882. The van der Waals surface area contributed by atoms with Crippen LogP contribution in [0.3, 0.4) is 0 Å². The van der Waals surface area contributed by atoms with Crippen molar-refractivity contribution in [3.05, 3.63) is 108 Å². The van der Waals surface area contributed by atoms with E-state index in [1.807, 2.05) is 37.3 Å². The zero-order chi connectivity index (χ0) is 52.7. The van der Waals surface area contributed by atoms with Gasteiger partial charge in [-0.2, -0.15) is 0 Å². The molecule has 0 aromatic rings. The topological polar surface area (TPSA) is 320 Å². The van der Waals surface area contributed by atoms with E-state index in [1.165, 1.54) is 20.1 Å². The maximum atomic E-state index is 13.6. The van der Waals surface area contributed by atoms with E-state index in [-0.39, 0.29) is 51.0 Å². The number of cyclic esters (lactones) is 1. The van der Waals surface area contributed by atoms with Crippen molar-refractivity contribution in [1.82, 2.24) is 0 Å². The van der Waals surface area contributed by atoms with Gasteiger partial charge < -0.3 is 74.4 Å². The summed E-state index contributed by atoms with van der Waals surface area (Å²) in [5.41, 5.74) is 9.17. The number of hydrogen-bond acceptors (Lipinski definition) is 18. The molecule has 19 atom stereocenters. The second-order valence-electron chi connectivity index (χ2n) is 18.4. The Labute approximate surface area is 416 Å². The molecule has 3 heterocycles. The number of esters is 2. The third-order valence-corrected chi connectivity index (χ3v) is 12.8. The van der Waals surface area contributed by atoms with E-state index < -0.39 is 134 Å². The SMILES string of the molecule is C=CCOC(=O)[C@H]1C2C[C@@H](O[C@@H]3O[C@H](C)[C@@H](O)[C@H](N=[N+]=[N-])C3O)/C=C/C=C/C=C/C=C/C=C/C=C/C=C/[C@H](C)[C@@H](O)[C@@H](C)[C@H](C)OC(=O)C[C@H](O)C[C@H](O)CC[C@@H](O)[C@H](O)C[C@H](O)C[C@](OC)(C[C@@H]1O)O2. The number of hydrogen-bond donors (Lipinski definition) is 9. The molecule has 0 radical (unpaired) electrons. The summed E-state index contributed by atoms with van der Waals surface area (Å²) in [6.07, 6.45) is 5.89. The Morgan fingerprint density at radius 3 is 1.96 bits per heavy atom. The number of ether oxygens (including phenoxy) is 6. The summed E-state index contributed by atoms with van der Waals surface area (Å²) in [5.74, 6) is -5.46. The van der Waals surface area contributed by atoms with E-state index in [9.17, 15) is 55.5 Å². The lowest BCUT2D eigenvalue weighted by atomic mass is 9.82. The highest BCUT2D eigenvalue weighted by molar-refractivity contribution is 5.74. The van der Waals surface area contributed by atoms with Gasteiger partial charge in [0, 0.05) is 49.5 Å². The third-order valence-electron chi connectivity index (χ3n) is 12.8.